The van der Waals surface area contributed by atoms with Gasteiger partial charge in [0.25, 0.3) is 0 Å². The maximum absolute atomic E-state index is 12.0. The molecular formula is C15H14ClN3O3. The molecule has 1 atom stereocenters. The van der Waals surface area contributed by atoms with E-state index in [1.807, 2.05) is 23.9 Å². The molecule has 2 aliphatic heterocycles. The molecule has 0 bridgehead atoms. The molecule has 1 amide bonds. The standard InChI is InChI=1S/C15H14ClN3O3/c1-2-19-6-10-8(4-14(20)17-15(10)18-19)9-3-12-13(5-11(9)16)22-7-21-12/h3,5-6,8H,2,4,7H2,1H3,(H,17,18,20). The predicted octanol–water partition coefficient (Wildman–Crippen LogP) is 2.76. The van der Waals surface area contributed by atoms with E-state index in [9.17, 15) is 4.79 Å². The molecule has 6 nitrogen and oxygen atoms in total. The van der Waals surface area contributed by atoms with Crippen LogP contribution in [0.2, 0.25) is 5.02 Å². The number of aryl methyl sites for hydroxylation is 1. The molecule has 1 aromatic heterocycles. The second-order valence-electron chi connectivity index (χ2n) is 5.32. The van der Waals surface area contributed by atoms with Crippen molar-refractivity contribution in [2.75, 3.05) is 12.1 Å². The Hall–Kier alpha value is -2.21. The zero-order chi connectivity index (χ0) is 15.3. The van der Waals surface area contributed by atoms with Crippen LogP contribution in [0.15, 0.2) is 18.3 Å². The van der Waals surface area contributed by atoms with Gasteiger partial charge in [-0.2, -0.15) is 5.10 Å². The van der Waals surface area contributed by atoms with E-state index in [2.05, 4.69) is 10.4 Å². The van der Waals surface area contributed by atoms with Crippen LogP contribution in [0.5, 0.6) is 11.5 Å². The van der Waals surface area contributed by atoms with Gasteiger partial charge in [-0.3, -0.25) is 9.48 Å². The fourth-order valence-electron chi connectivity index (χ4n) is 2.91. The van der Waals surface area contributed by atoms with E-state index in [-0.39, 0.29) is 18.6 Å². The normalized spacial score (nSPS) is 19.0. The van der Waals surface area contributed by atoms with Crippen molar-refractivity contribution in [2.45, 2.75) is 25.8 Å². The highest BCUT2D eigenvalue weighted by Gasteiger charge is 2.32. The monoisotopic (exact) mass is 319 g/mol. The first-order valence-corrected chi connectivity index (χ1v) is 7.49. The van der Waals surface area contributed by atoms with Crippen molar-refractivity contribution < 1.29 is 14.3 Å². The Morgan fingerprint density at radius 3 is 2.91 bits per heavy atom. The number of ether oxygens (including phenoxy) is 2. The first-order valence-electron chi connectivity index (χ1n) is 7.12. The largest absolute Gasteiger partial charge is 0.454 e. The molecule has 1 N–H and O–H groups in total. The van der Waals surface area contributed by atoms with E-state index in [1.54, 1.807) is 6.07 Å². The lowest BCUT2D eigenvalue weighted by Crippen LogP contribution is -2.23. The second kappa shape index (κ2) is 4.91. The summed E-state index contributed by atoms with van der Waals surface area (Å²) >= 11 is 6.40. The number of nitrogens with zero attached hydrogens (tertiary/aromatic N) is 2. The van der Waals surface area contributed by atoms with E-state index in [4.69, 9.17) is 21.1 Å². The second-order valence-corrected chi connectivity index (χ2v) is 5.73. The van der Waals surface area contributed by atoms with Gasteiger partial charge in [-0.15, -0.1) is 0 Å². The Morgan fingerprint density at radius 2 is 2.14 bits per heavy atom. The molecule has 2 aromatic rings. The number of anilines is 1. The minimum Gasteiger partial charge on any atom is -0.454 e. The molecule has 7 heteroatoms. The lowest BCUT2D eigenvalue weighted by Gasteiger charge is -2.23. The van der Waals surface area contributed by atoms with Gasteiger partial charge >= 0.3 is 0 Å². The number of amides is 1. The number of fused-ring (bicyclic) bond motifs is 2. The summed E-state index contributed by atoms with van der Waals surface area (Å²) < 4.78 is 12.6. The number of rotatable bonds is 2. The molecule has 3 heterocycles. The highest BCUT2D eigenvalue weighted by molar-refractivity contribution is 6.31. The zero-order valence-corrected chi connectivity index (χ0v) is 12.7. The summed E-state index contributed by atoms with van der Waals surface area (Å²) in [5, 5.41) is 7.77. The van der Waals surface area contributed by atoms with E-state index in [1.165, 1.54) is 0 Å². The van der Waals surface area contributed by atoms with Gasteiger partial charge in [0.2, 0.25) is 12.7 Å². The molecule has 1 aromatic carbocycles. The summed E-state index contributed by atoms with van der Waals surface area (Å²) in [5.41, 5.74) is 1.83. The number of hydrogen-bond donors (Lipinski definition) is 1. The van der Waals surface area contributed by atoms with Crippen molar-refractivity contribution in [3.05, 3.63) is 34.5 Å². The van der Waals surface area contributed by atoms with Crippen molar-refractivity contribution in [3.63, 3.8) is 0 Å². The maximum Gasteiger partial charge on any atom is 0.231 e. The van der Waals surface area contributed by atoms with Gasteiger partial charge in [-0.05, 0) is 18.6 Å². The fraction of sp³-hybridized carbons (Fsp3) is 0.333. The van der Waals surface area contributed by atoms with Gasteiger partial charge in [0.15, 0.2) is 17.3 Å². The van der Waals surface area contributed by atoms with E-state index >= 15 is 0 Å². The third-order valence-electron chi connectivity index (χ3n) is 4.00. The van der Waals surface area contributed by atoms with Crippen LogP contribution in [0, 0.1) is 0 Å². The van der Waals surface area contributed by atoms with Crippen molar-refractivity contribution in [3.8, 4) is 11.5 Å². The number of halogens is 1. The van der Waals surface area contributed by atoms with E-state index in [0.29, 0.717) is 28.8 Å². The van der Waals surface area contributed by atoms with Crippen LogP contribution in [-0.4, -0.2) is 22.5 Å². The maximum atomic E-state index is 12.0. The van der Waals surface area contributed by atoms with Crippen LogP contribution in [0.4, 0.5) is 5.82 Å². The molecule has 114 valence electrons. The lowest BCUT2D eigenvalue weighted by atomic mass is 9.87. The highest BCUT2D eigenvalue weighted by Crippen LogP contribution is 2.44. The molecule has 0 saturated heterocycles. The first kappa shape index (κ1) is 13.5. The number of benzene rings is 1. The number of carbonyl (C=O) groups excluding carboxylic acids is 1. The summed E-state index contributed by atoms with van der Waals surface area (Å²) in [6.45, 7) is 2.94. The topological polar surface area (TPSA) is 65.4 Å². The fourth-order valence-corrected chi connectivity index (χ4v) is 3.19. The van der Waals surface area contributed by atoms with Crippen LogP contribution in [-0.2, 0) is 11.3 Å². The van der Waals surface area contributed by atoms with Gasteiger partial charge in [-0.1, -0.05) is 11.6 Å². The van der Waals surface area contributed by atoms with Crippen molar-refractivity contribution >= 4 is 23.3 Å². The number of carbonyl (C=O) groups is 1. The molecule has 0 radical (unpaired) electrons. The van der Waals surface area contributed by atoms with Crippen LogP contribution in [0.3, 0.4) is 0 Å². The summed E-state index contributed by atoms with van der Waals surface area (Å²) in [6.07, 6.45) is 2.29. The Labute approximate surface area is 132 Å². The van der Waals surface area contributed by atoms with Gasteiger partial charge in [-0.25, -0.2) is 0 Å². The number of nitrogens with one attached hydrogen (secondary N) is 1. The molecule has 0 saturated carbocycles. The smallest absolute Gasteiger partial charge is 0.231 e. The molecule has 2 aliphatic rings. The summed E-state index contributed by atoms with van der Waals surface area (Å²) in [4.78, 5) is 12.0. The Bertz CT molecular complexity index is 772. The van der Waals surface area contributed by atoms with Gasteiger partial charge in [0.05, 0.1) is 0 Å². The first-order chi connectivity index (χ1) is 10.7. The average Bonchev–Trinajstić information content (AvgIpc) is 3.10. The minimum atomic E-state index is -0.133. The number of hydrogen-bond acceptors (Lipinski definition) is 4. The minimum absolute atomic E-state index is 0.0624. The molecule has 0 aliphatic carbocycles. The Kier molecular flexibility index (Phi) is 3.00. The molecule has 22 heavy (non-hydrogen) atoms. The summed E-state index contributed by atoms with van der Waals surface area (Å²) in [6, 6.07) is 3.61. The van der Waals surface area contributed by atoms with Crippen LogP contribution < -0.4 is 14.8 Å². The predicted molar refractivity (Wildman–Crippen MR) is 80.6 cm³/mol. The van der Waals surface area contributed by atoms with E-state index in [0.717, 1.165) is 17.7 Å². The van der Waals surface area contributed by atoms with E-state index < -0.39 is 0 Å². The lowest BCUT2D eigenvalue weighted by molar-refractivity contribution is -0.116. The van der Waals surface area contributed by atoms with Crippen molar-refractivity contribution in [1.82, 2.24) is 9.78 Å². The van der Waals surface area contributed by atoms with Crippen LogP contribution >= 0.6 is 11.6 Å². The number of aromatic nitrogens is 2. The van der Waals surface area contributed by atoms with Gasteiger partial charge in [0.1, 0.15) is 0 Å². The van der Waals surface area contributed by atoms with Crippen molar-refractivity contribution in [1.29, 1.82) is 0 Å². The highest BCUT2D eigenvalue weighted by atomic mass is 35.5. The van der Waals surface area contributed by atoms with Crippen LogP contribution in [0.1, 0.15) is 30.4 Å². The molecular weight excluding hydrogens is 306 g/mol. The third-order valence-corrected chi connectivity index (χ3v) is 4.33. The average molecular weight is 320 g/mol. The molecule has 0 spiro atoms. The van der Waals surface area contributed by atoms with Crippen molar-refractivity contribution in [2.24, 2.45) is 0 Å². The quantitative estimate of drug-likeness (QED) is 0.924. The van der Waals surface area contributed by atoms with Gasteiger partial charge < -0.3 is 14.8 Å². The third kappa shape index (κ3) is 2.02. The van der Waals surface area contributed by atoms with Crippen LogP contribution in [0.25, 0.3) is 0 Å². The molecule has 0 fully saturated rings. The molecule has 4 rings (SSSR count). The Balaban J connectivity index is 1.83. The molecule has 1 unspecified atom stereocenters. The van der Waals surface area contributed by atoms with Gasteiger partial charge in [0, 0.05) is 41.7 Å². The summed E-state index contributed by atoms with van der Waals surface area (Å²) in [5.74, 6) is 1.71. The zero-order valence-electron chi connectivity index (χ0n) is 11.9. The summed E-state index contributed by atoms with van der Waals surface area (Å²) in [7, 11) is 0. The Morgan fingerprint density at radius 1 is 1.36 bits per heavy atom. The SMILES string of the molecule is CCn1cc2c(n1)NC(=O)CC2c1cc2c(cc1Cl)OCO2.